The summed E-state index contributed by atoms with van der Waals surface area (Å²) in [5, 5.41) is 9.23. The quantitative estimate of drug-likeness (QED) is 0.767. The molecule has 0 radical (unpaired) electrons. The van der Waals surface area contributed by atoms with Crippen molar-refractivity contribution in [1.29, 1.82) is 5.26 Å². The highest BCUT2D eigenvalue weighted by molar-refractivity contribution is 9.10. The van der Waals surface area contributed by atoms with Crippen LogP contribution in [0.1, 0.15) is 5.56 Å². The molecule has 0 atom stereocenters. The molecule has 0 spiro atoms. The van der Waals surface area contributed by atoms with E-state index in [4.69, 9.17) is 0 Å². The van der Waals surface area contributed by atoms with E-state index in [2.05, 4.69) is 20.7 Å². The molecule has 2 rings (SSSR count). The second kappa shape index (κ2) is 7.51. The lowest BCUT2D eigenvalue weighted by molar-refractivity contribution is 0.608. The van der Waals surface area contributed by atoms with E-state index in [9.17, 15) is 13.7 Å². The Balaban J connectivity index is 2.28. The van der Waals surface area contributed by atoms with Gasteiger partial charge in [0.2, 0.25) is 0 Å². The van der Waals surface area contributed by atoms with Crippen LogP contribution in [-0.4, -0.2) is 22.5 Å². The highest BCUT2D eigenvalue weighted by atomic mass is 79.9. The zero-order valence-corrected chi connectivity index (χ0v) is 15.6. The summed E-state index contributed by atoms with van der Waals surface area (Å²) in [7, 11) is -0.109. The van der Waals surface area contributed by atoms with Gasteiger partial charge in [-0.05, 0) is 48.0 Å². The Morgan fingerprint density at radius 3 is 2.21 bits per heavy atom. The Kier molecular flexibility index (Phi) is 5.65. The van der Waals surface area contributed by atoms with E-state index in [-0.39, 0.29) is 4.91 Å². The molecular formula is C17H16BrN3O2S. The monoisotopic (exact) mass is 405 g/mol. The van der Waals surface area contributed by atoms with Crippen molar-refractivity contribution in [3.8, 4) is 6.07 Å². The smallest absolute Gasteiger partial charge is 0.272 e. The van der Waals surface area contributed by atoms with Crippen molar-refractivity contribution in [3.05, 3.63) is 63.5 Å². The second-order valence-corrected chi connectivity index (χ2v) is 7.79. The first-order valence-electron chi connectivity index (χ1n) is 6.99. The van der Waals surface area contributed by atoms with Crippen molar-refractivity contribution in [1.82, 2.24) is 0 Å². The maximum atomic E-state index is 12.4. The number of anilines is 2. The highest BCUT2D eigenvalue weighted by Gasteiger charge is 2.17. The molecule has 0 saturated heterocycles. The van der Waals surface area contributed by atoms with Crippen LogP contribution in [0.25, 0.3) is 6.08 Å². The van der Waals surface area contributed by atoms with Gasteiger partial charge >= 0.3 is 0 Å². The lowest BCUT2D eigenvalue weighted by Crippen LogP contribution is -2.14. The maximum absolute atomic E-state index is 12.4. The van der Waals surface area contributed by atoms with E-state index in [1.165, 1.54) is 6.08 Å². The van der Waals surface area contributed by atoms with Crippen molar-refractivity contribution in [2.75, 3.05) is 23.7 Å². The molecular weight excluding hydrogens is 390 g/mol. The van der Waals surface area contributed by atoms with Gasteiger partial charge in [0.1, 0.15) is 6.07 Å². The second-order valence-electron chi connectivity index (χ2n) is 5.22. The number of nitrogens with one attached hydrogen (secondary N) is 1. The Labute approximate surface area is 150 Å². The van der Waals surface area contributed by atoms with Crippen LogP contribution in [0.2, 0.25) is 0 Å². The van der Waals surface area contributed by atoms with E-state index in [1.54, 1.807) is 42.5 Å². The molecule has 5 nitrogen and oxygen atoms in total. The summed E-state index contributed by atoms with van der Waals surface area (Å²) in [6.07, 6.45) is 1.35. The van der Waals surface area contributed by atoms with Gasteiger partial charge in [-0.25, -0.2) is 8.42 Å². The molecule has 0 bridgehead atoms. The Bertz CT molecular complexity index is 881. The number of hydrogen-bond donors (Lipinski definition) is 1. The van der Waals surface area contributed by atoms with Gasteiger partial charge in [-0.15, -0.1) is 0 Å². The van der Waals surface area contributed by atoms with Crippen LogP contribution in [0.4, 0.5) is 11.4 Å². The fraction of sp³-hybridized carbons (Fsp3) is 0.118. The van der Waals surface area contributed by atoms with Gasteiger partial charge in [-0.2, -0.15) is 5.26 Å². The van der Waals surface area contributed by atoms with Crippen LogP contribution in [0, 0.1) is 11.3 Å². The number of benzene rings is 2. The summed E-state index contributed by atoms with van der Waals surface area (Å²) in [6.45, 7) is 0. The molecule has 2 aromatic carbocycles. The summed E-state index contributed by atoms with van der Waals surface area (Å²) in [5.41, 5.74) is 2.02. The predicted molar refractivity (Wildman–Crippen MR) is 101 cm³/mol. The number of nitriles is 1. The van der Waals surface area contributed by atoms with E-state index >= 15 is 0 Å². The fourth-order valence-corrected chi connectivity index (χ4v) is 3.15. The normalized spacial score (nSPS) is 11.7. The van der Waals surface area contributed by atoms with Gasteiger partial charge in [-0.1, -0.05) is 28.1 Å². The number of hydrogen-bond acceptors (Lipinski definition) is 4. The van der Waals surface area contributed by atoms with Crippen LogP contribution >= 0.6 is 15.9 Å². The summed E-state index contributed by atoms with van der Waals surface area (Å²) < 4.78 is 28.0. The minimum absolute atomic E-state index is 0.344. The Morgan fingerprint density at radius 2 is 1.71 bits per heavy atom. The average molecular weight is 406 g/mol. The third-order valence-corrected chi connectivity index (χ3v) is 5.02. The van der Waals surface area contributed by atoms with Gasteiger partial charge < -0.3 is 4.90 Å². The van der Waals surface area contributed by atoms with Crippen molar-refractivity contribution in [2.45, 2.75) is 0 Å². The van der Waals surface area contributed by atoms with Crippen LogP contribution in [-0.2, 0) is 10.0 Å². The van der Waals surface area contributed by atoms with Gasteiger partial charge in [-0.3, -0.25) is 4.72 Å². The third-order valence-electron chi connectivity index (χ3n) is 3.20. The van der Waals surface area contributed by atoms with E-state index < -0.39 is 10.0 Å². The topological polar surface area (TPSA) is 73.2 Å². The number of allylic oxidation sites excluding steroid dienone is 1. The first kappa shape index (κ1) is 18.0. The molecule has 124 valence electrons. The molecule has 0 aliphatic rings. The van der Waals surface area contributed by atoms with E-state index in [1.807, 2.05) is 31.1 Å². The Hall–Kier alpha value is -2.30. The van der Waals surface area contributed by atoms with Gasteiger partial charge in [0.25, 0.3) is 10.0 Å². The predicted octanol–water partition coefficient (Wildman–Crippen LogP) is 3.82. The molecule has 0 heterocycles. The molecule has 7 heteroatoms. The van der Waals surface area contributed by atoms with Crippen LogP contribution in [0.5, 0.6) is 0 Å². The minimum atomic E-state index is -3.94. The molecule has 24 heavy (non-hydrogen) atoms. The number of rotatable bonds is 5. The summed E-state index contributed by atoms with van der Waals surface area (Å²) >= 11 is 3.28. The molecule has 0 aliphatic heterocycles. The van der Waals surface area contributed by atoms with E-state index in [0.29, 0.717) is 11.3 Å². The highest BCUT2D eigenvalue weighted by Crippen LogP contribution is 2.20. The SMILES string of the molecule is CN(C)c1ccc(/C=C(/C#N)S(=O)(=O)Nc2ccc(Br)cc2)cc1. The average Bonchev–Trinajstić information content (AvgIpc) is 2.54. The van der Waals surface area contributed by atoms with Gasteiger partial charge in [0, 0.05) is 29.9 Å². The van der Waals surface area contributed by atoms with E-state index in [0.717, 1.165) is 10.2 Å². The molecule has 0 aromatic heterocycles. The van der Waals surface area contributed by atoms with Crippen LogP contribution in [0.3, 0.4) is 0 Å². The number of nitrogens with zero attached hydrogens (tertiary/aromatic N) is 2. The number of halogens is 1. The molecule has 0 amide bonds. The van der Waals surface area contributed by atoms with Crippen LogP contribution in [0.15, 0.2) is 57.9 Å². The molecule has 0 unspecified atom stereocenters. The molecule has 1 N–H and O–H groups in total. The molecule has 2 aromatic rings. The summed E-state index contributed by atoms with van der Waals surface area (Å²) in [4.78, 5) is 1.59. The fourth-order valence-electron chi connectivity index (χ4n) is 1.92. The molecule has 0 fully saturated rings. The minimum Gasteiger partial charge on any atom is -0.378 e. The summed E-state index contributed by atoms with van der Waals surface area (Å²) in [6, 6.07) is 15.7. The lowest BCUT2D eigenvalue weighted by atomic mass is 10.2. The zero-order valence-electron chi connectivity index (χ0n) is 13.2. The third kappa shape index (κ3) is 4.60. The van der Waals surface area contributed by atoms with Crippen LogP contribution < -0.4 is 9.62 Å². The first-order valence-corrected chi connectivity index (χ1v) is 9.27. The molecule has 0 saturated carbocycles. The first-order chi connectivity index (χ1) is 11.3. The van der Waals surface area contributed by atoms with Crippen molar-refractivity contribution in [2.24, 2.45) is 0 Å². The lowest BCUT2D eigenvalue weighted by Gasteiger charge is -2.12. The summed E-state index contributed by atoms with van der Waals surface area (Å²) in [5.74, 6) is 0. The van der Waals surface area contributed by atoms with Gasteiger partial charge in [0.05, 0.1) is 0 Å². The standard InChI is InChI=1S/C17H16BrN3O2S/c1-21(2)16-9-3-13(4-10-16)11-17(12-19)24(22,23)20-15-7-5-14(18)6-8-15/h3-11,20H,1-2H3/b17-11-. The van der Waals surface area contributed by atoms with Crippen molar-refractivity contribution >= 4 is 43.4 Å². The van der Waals surface area contributed by atoms with Crippen molar-refractivity contribution < 1.29 is 8.42 Å². The number of sulfonamides is 1. The maximum Gasteiger partial charge on any atom is 0.272 e. The largest absolute Gasteiger partial charge is 0.378 e. The van der Waals surface area contributed by atoms with Gasteiger partial charge in [0.15, 0.2) is 4.91 Å². The van der Waals surface area contributed by atoms with Crippen molar-refractivity contribution in [3.63, 3.8) is 0 Å². The zero-order chi connectivity index (χ0) is 17.7. The Morgan fingerprint density at radius 1 is 1.12 bits per heavy atom. The molecule has 0 aliphatic carbocycles.